The summed E-state index contributed by atoms with van der Waals surface area (Å²) < 4.78 is 5.58. The van der Waals surface area contributed by atoms with E-state index in [-0.39, 0.29) is 5.97 Å². The maximum atomic E-state index is 11.8. The monoisotopic (exact) mass is 288 g/mol. The summed E-state index contributed by atoms with van der Waals surface area (Å²) in [5, 5.41) is 10.7. The van der Waals surface area contributed by atoms with Crippen LogP contribution in [0.15, 0.2) is 42.0 Å². The Balaban J connectivity index is 2.19. The number of cyclic esters (lactones) is 1. The Kier molecular flexibility index (Phi) is 5.18. The van der Waals surface area contributed by atoms with Gasteiger partial charge in [-0.1, -0.05) is 56.5 Å². The second-order valence-electron chi connectivity index (χ2n) is 5.80. The Bertz CT molecular complexity index is 506. The minimum absolute atomic E-state index is 0.319. The lowest BCUT2D eigenvalue weighted by molar-refractivity contribution is -0.157. The van der Waals surface area contributed by atoms with Crippen molar-refractivity contribution in [2.75, 3.05) is 0 Å². The number of aliphatic hydroxyl groups excluding tert-OH is 1. The van der Waals surface area contributed by atoms with Gasteiger partial charge in [0.25, 0.3) is 0 Å². The van der Waals surface area contributed by atoms with Crippen LogP contribution in [0, 0.1) is 0 Å². The topological polar surface area (TPSA) is 46.5 Å². The zero-order valence-corrected chi connectivity index (χ0v) is 12.8. The summed E-state index contributed by atoms with van der Waals surface area (Å²) in [6, 6.07) is 9.42. The molecule has 21 heavy (non-hydrogen) atoms. The molecule has 1 aliphatic rings. The summed E-state index contributed by atoms with van der Waals surface area (Å²) in [5.41, 5.74) is 0.461. The first kappa shape index (κ1) is 15.8. The van der Waals surface area contributed by atoms with E-state index in [0.29, 0.717) is 12.0 Å². The standard InChI is InChI=1S/C18H24O3/c1-3-4-5-9-12-18(13-14(2)17(20)21-18)16(19)15-10-7-6-8-11-15/h6-8,10-11,13,16,19H,3-5,9,12H2,1-2H3. The van der Waals surface area contributed by atoms with Crippen molar-refractivity contribution in [1.29, 1.82) is 0 Å². The van der Waals surface area contributed by atoms with Gasteiger partial charge in [-0.2, -0.15) is 0 Å². The predicted molar refractivity (Wildman–Crippen MR) is 82.7 cm³/mol. The molecule has 2 unspecified atom stereocenters. The average molecular weight is 288 g/mol. The molecule has 1 aromatic carbocycles. The van der Waals surface area contributed by atoms with Gasteiger partial charge in [-0.15, -0.1) is 0 Å². The number of hydrogen-bond donors (Lipinski definition) is 1. The van der Waals surface area contributed by atoms with Crippen LogP contribution in [-0.4, -0.2) is 16.7 Å². The summed E-state index contributed by atoms with van der Waals surface area (Å²) in [6.07, 6.45) is 5.99. The Morgan fingerprint density at radius 3 is 2.48 bits per heavy atom. The lowest BCUT2D eigenvalue weighted by Gasteiger charge is -2.32. The molecular weight excluding hydrogens is 264 g/mol. The van der Waals surface area contributed by atoms with Crippen molar-refractivity contribution in [3.8, 4) is 0 Å². The van der Waals surface area contributed by atoms with Gasteiger partial charge in [0.1, 0.15) is 6.10 Å². The minimum Gasteiger partial charge on any atom is -0.448 e. The van der Waals surface area contributed by atoms with Crippen LogP contribution in [0.25, 0.3) is 0 Å². The third kappa shape index (κ3) is 3.53. The van der Waals surface area contributed by atoms with Crippen LogP contribution in [0.1, 0.15) is 57.6 Å². The fraction of sp³-hybridized carbons (Fsp3) is 0.500. The second-order valence-corrected chi connectivity index (χ2v) is 5.80. The fourth-order valence-electron chi connectivity index (χ4n) is 2.85. The Morgan fingerprint density at radius 1 is 1.19 bits per heavy atom. The van der Waals surface area contributed by atoms with Gasteiger partial charge in [-0.05, 0) is 31.4 Å². The molecule has 1 aromatic rings. The van der Waals surface area contributed by atoms with Gasteiger partial charge < -0.3 is 9.84 Å². The van der Waals surface area contributed by atoms with Crippen molar-refractivity contribution in [2.45, 2.75) is 57.7 Å². The predicted octanol–water partition coefficient (Wildman–Crippen LogP) is 3.93. The van der Waals surface area contributed by atoms with E-state index in [1.54, 1.807) is 13.0 Å². The molecule has 0 saturated carbocycles. The van der Waals surface area contributed by atoms with Crippen molar-refractivity contribution in [3.05, 3.63) is 47.5 Å². The maximum Gasteiger partial charge on any atom is 0.334 e. The average Bonchev–Trinajstić information content (AvgIpc) is 2.80. The molecule has 3 heteroatoms. The summed E-state index contributed by atoms with van der Waals surface area (Å²) in [7, 11) is 0. The Hall–Kier alpha value is -1.61. The summed E-state index contributed by atoms with van der Waals surface area (Å²) in [4.78, 5) is 11.8. The van der Waals surface area contributed by atoms with Gasteiger partial charge >= 0.3 is 5.97 Å². The molecule has 0 aromatic heterocycles. The van der Waals surface area contributed by atoms with Crippen molar-refractivity contribution < 1.29 is 14.6 Å². The quantitative estimate of drug-likeness (QED) is 0.611. The molecule has 1 aliphatic heterocycles. The van der Waals surface area contributed by atoms with Crippen molar-refractivity contribution >= 4 is 5.97 Å². The van der Waals surface area contributed by atoms with Gasteiger partial charge in [0.2, 0.25) is 0 Å². The van der Waals surface area contributed by atoms with Gasteiger partial charge in [-0.25, -0.2) is 4.79 Å². The number of unbranched alkanes of at least 4 members (excludes halogenated alkanes) is 3. The molecular formula is C18H24O3. The highest BCUT2D eigenvalue weighted by molar-refractivity contribution is 5.91. The van der Waals surface area contributed by atoms with Crippen molar-refractivity contribution in [2.24, 2.45) is 0 Å². The van der Waals surface area contributed by atoms with E-state index >= 15 is 0 Å². The van der Waals surface area contributed by atoms with E-state index in [1.165, 1.54) is 0 Å². The zero-order valence-electron chi connectivity index (χ0n) is 12.8. The molecule has 0 aliphatic carbocycles. The number of rotatable bonds is 7. The number of ether oxygens (including phenoxy) is 1. The first-order valence-electron chi connectivity index (χ1n) is 7.75. The zero-order chi connectivity index (χ0) is 15.3. The molecule has 0 saturated heterocycles. The largest absolute Gasteiger partial charge is 0.448 e. The third-order valence-corrected chi connectivity index (χ3v) is 4.06. The van der Waals surface area contributed by atoms with Gasteiger partial charge in [0.15, 0.2) is 5.60 Å². The van der Waals surface area contributed by atoms with Crippen LogP contribution in [0.5, 0.6) is 0 Å². The number of esters is 1. The molecule has 0 bridgehead atoms. The normalized spacial score (nSPS) is 22.8. The lowest BCUT2D eigenvalue weighted by Crippen LogP contribution is -2.36. The van der Waals surface area contributed by atoms with Gasteiger partial charge in [-0.3, -0.25) is 0 Å². The van der Waals surface area contributed by atoms with Gasteiger partial charge in [0.05, 0.1) is 0 Å². The Labute approximate surface area is 126 Å². The highest BCUT2D eigenvalue weighted by Gasteiger charge is 2.44. The summed E-state index contributed by atoms with van der Waals surface area (Å²) >= 11 is 0. The molecule has 0 fully saturated rings. The van der Waals surface area contributed by atoms with Gasteiger partial charge in [0, 0.05) is 5.57 Å². The highest BCUT2D eigenvalue weighted by atomic mass is 16.6. The first-order chi connectivity index (χ1) is 10.1. The number of aliphatic hydroxyl groups is 1. The molecule has 3 nitrogen and oxygen atoms in total. The van der Waals surface area contributed by atoms with E-state index in [2.05, 4.69) is 6.92 Å². The number of hydrogen-bond acceptors (Lipinski definition) is 3. The molecule has 2 rings (SSSR count). The molecule has 0 amide bonds. The Morgan fingerprint density at radius 2 is 1.90 bits per heavy atom. The second kappa shape index (κ2) is 6.90. The van der Waals surface area contributed by atoms with Crippen molar-refractivity contribution in [3.63, 3.8) is 0 Å². The van der Waals surface area contributed by atoms with Crippen LogP contribution in [0.2, 0.25) is 0 Å². The molecule has 2 atom stereocenters. The maximum absolute atomic E-state index is 11.8. The fourth-order valence-corrected chi connectivity index (χ4v) is 2.85. The minimum atomic E-state index is -0.906. The molecule has 0 radical (unpaired) electrons. The van der Waals surface area contributed by atoms with E-state index in [0.717, 1.165) is 31.2 Å². The first-order valence-corrected chi connectivity index (χ1v) is 7.75. The third-order valence-electron chi connectivity index (χ3n) is 4.06. The van der Waals surface area contributed by atoms with E-state index in [9.17, 15) is 9.90 Å². The SMILES string of the molecule is CCCCCCC1(C(O)c2ccccc2)C=C(C)C(=O)O1. The summed E-state index contributed by atoms with van der Waals surface area (Å²) in [5.74, 6) is -0.319. The van der Waals surface area contributed by atoms with Crippen LogP contribution >= 0.6 is 0 Å². The van der Waals surface area contributed by atoms with Crippen LogP contribution in [0.3, 0.4) is 0 Å². The van der Waals surface area contributed by atoms with E-state index in [4.69, 9.17) is 4.74 Å². The van der Waals surface area contributed by atoms with E-state index in [1.807, 2.05) is 30.3 Å². The van der Waals surface area contributed by atoms with Crippen LogP contribution in [0.4, 0.5) is 0 Å². The molecule has 1 heterocycles. The lowest BCUT2D eigenvalue weighted by atomic mass is 9.85. The number of carbonyl (C=O) groups is 1. The molecule has 114 valence electrons. The van der Waals surface area contributed by atoms with Crippen molar-refractivity contribution in [1.82, 2.24) is 0 Å². The summed E-state index contributed by atoms with van der Waals surface area (Å²) in [6.45, 7) is 3.90. The smallest absolute Gasteiger partial charge is 0.334 e. The van der Waals surface area contributed by atoms with Crippen LogP contribution < -0.4 is 0 Å². The van der Waals surface area contributed by atoms with Crippen LogP contribution in [-0.2, 0) is 9.53 Å². The highest BCUT2D eigenvalue weighted by Crippen LogP contribution is 2.40. The van der Waals surface area contributed by atoms with E-state index < -0.39 is 11.7 Å². The number of benzene rings is 1. The number of carbonyl (C=O) groups excluding carboxylic acids is 1. The molecule has 0 spiro atoms. The molecule has 1 N–H and O–H groups in total.